The average molecular weight is 224 g/mol. The van der Waals surface area contributed by atoms with Gasteiger partial charge in [0.25, 0.3) is 0 Å². The maximum atomic E-state index is 4.16. The first-order valence-corrected chi connectivity index (χ1v) is 6.00. The van der Waals surface area contributed by atoms with Gasteiger partial charge in [-0.05, 0) is 38.9 Å². The third-order valence-electron chi connectivity index (χ3n) is 3.03. The standard InChI is InChI=1S/C12H24N4/c1-4-7-14-12(13-2)15-10-11-5-8-16(3)9-6-11/h4,11H,1,5-10H2,2-3H3,(H2,13,14,15). The molecule has 0 radical (unpaired) electrons. The highest BCUT2D eigenvalue weighted by Crippen LogP contribution is 2.14. The number of likely N-dealkylation sites (tertiary alicyclic amines) is 1. The van der Waals surface area contributed by atoms with Crippen LogP contribution >= 0.6 is 0 Å². The Bertz CT molecular complexity index is 229. The summed E-state index contributed by atoms with van der Waals surface area (Å²) >= 11 is 0. The zero-order valence-corrected chi connectivity index (χ0v) is 10.5. The van der Waals surface area contributed by atoms with Crippen LogP contribution < -0.4 is 10.6 Å². The van der Waals surface area contributed by atoms with E-state index in [4.69, 9.17) is 0 Å². The highest BCUT2D eigenvalue weighted by molar-refractivity contribution is 5.79. The molecule has 0 unspecified atom stereocenters. The molecular weight excluding hydrogens is 200 g/mol. The molecule has 0 saturated carbocycles. The van der Waals surface area contributed by atoms with Gasteiger partial charge in [-0.3, -0.25) is 4.99 Å². The largest absolute Gasteiger partial charge is 0.356 e. The fourth-order valence-electron chi connectivity index (χ4n) is 1.90. The van der Waals surface area contributed by atoms with Crippen LogP contribution in [0.5, 0.6) is 0 Å². The molecule has 0 aromatic carbocycles. The summed E-state index contributed by atoms with van der Waals surface area (Å²) < 4.78 is 0. The molecule has 0 amide bonds. The van der Waals surface area contributed by atoms with Crippen molar-refractivity contribution in [3.63, 3.8) is 0 Å². The van der Waals surface area contributed by atoms with Crippen LogP contribution in [0.25, 0.3) is 0 Å². The van der Waals surface area contributed by atoms with E-state index in [1.807, 2.05) is 6.08 Å². The smallest absolute Gasteiger partial charge is 0.191 e. The Kier molecular flexibility index (Phi) is 5.93. The van der Waals surface area contributed by atoms with E-state index in [1.54, 1.807) is 7.05 Å². The molecule has 2 N–H and O–H groups in total. The van der Waals surface area contributed by atoms with E-state index in [2.05, 4.69) is 34.2 Å². The number of piperidine rings is 1. The monoisotopic (exact) mass is 224 g/mol. The van der Waals surface area contributed by atoms with Crippen molar-refractivity contribution < 1.29 is 0 Å². The topological polar surface area (TPSA) is 39.7 Å². The summed E-state index contributed by atoms with van der Waals surface area (Å²) in [6, 6.07) is 0. The van der Waals surface area contributed by atoms with Crippen molar-refractivity contribution in [2.24, 2.45) is 10.9 Å². The van der Waals surface area contributed by atoms with Crippen molar-refractivity contribution in [2.45, 2.75) is 12.8 Å². The molecule has 16 heavy (non-hydrogen) atoms. The Morgan fingerprint density at radius 1 is 1.44 bits per heavy atom. The molecule has 1 fully saturated rings. The van der Waals surface area contributed by atoms with E-state index in [-0.39, 0.29) is 0 Å². The van der Waals surface area contributed by atoms with Crippen LogP contribution in [0.15, 0.2) is 17.6 Å². The quantitative estimate of drug-likeness (QED) is 0.419. The Morgan fingerprint density at radius 2 is 2.12 bits per heavy atom. The second kappa shape index (κ2) is 7.28. The molecule has 0 aliphatic carbocycles. The first-order valence-electron chi connectivity index (χ1n) is 6.00. The van der Waals surface area contributed by atoms with Gasteiger partial charge in [0.15, 0.2) is 5.96 Å². The number of hydrogen-bond acceptors (Lipinski definition) is 2. The third kappa shape index (κ3) is 4.66. The number of guanidine groups is 1. The number of hydrogen-bond donors (Lipinski definition) is 2. The fraction of sp³-hybridized carbons (Fsp3) is 0.750. The molecule has 0 atom stereocenters. The highest BCUT2D eigenvalue weighted by Gasteiger charge is 2.16. The molecule has 0 aromatic heterocycles. The van der Waals surface area contributed by atoms with Crippen LogP contribution in [-0.4, -0.2) is 51.1 Å². The number of aliphatic imine (C=N–C) groups is 1. The summed E-state index contributed by atoms with van der Waals surface area (Å²) in [5.74, 6) is 1.65. The van der Waals surface area contributed by atoms with Crippen LogP contribution in [0.2, 0.25) is 0 Å². The molecule has 1 aliphatic rings. The van der Waals surface area contributed by atoms with Crippen LogP contribution in [0.4, 0.5) is 0 Å². The predicted molar refractivity (Wildman–Crippen MR) is 69.8 cm³/mol. The van der Waals surface area contributed by atoms with Crippen LogP contribution in [0, 0.1) is 5.92 Å². The van der Waals surface area contributed by atoms with Gasteiger partial charge in [-0.25, -0.2) is 0 Å². The Labute approximate surface area is 98.8 Å². The van der Waals surface area contributed by atoms with Crippen molar-refractivity contribution in [1.82, 2.24) is 15.5 Å². The van der Waals surface area contributed by atoms with Gasteiger partial charge in [0.1, 0.15) is 0 Å². The molecule has 1 heterocycles. The SMILES string of the molecule is C=CCNC(=NC)NCC1CCN(C)CC1. The average Bonchev–Trinajstić information content (AvgIpc) is 2.32. The zero-order valence-electron chi connectivity index (χ0n) is 10.5. The number of nitrogens with one attached hydrogen (secondary N) is 2. The highest BCUT2D eigenvalue weighted by atomic mass is 15.2. The summed E-state index contributed by atoms with van der Waals surface area (Å²) in [6.45, 7) is 7.88. The van der Waals surface area contributed by atoms with E-state index in [0.717, 1.165) is 25.0 Å². The van der Waals surface area contributed by atoms with Gasteiger partial charge < -0.3 is 15.5 Å². The zero-order chi connectivity index (χ0) is 11.8. The van der Waals surface area contributed by atoms with Gasteiger partial charge in [0.05, 0.1) is 0 Å². The first-order chi connectivity index (χ1) is 7.76. The Morgan fingerprint density at radius 3 is 2.69 bits per heavy atom. The normalized spacial score (nSPS) is 19.5. The third-order valence-corrected chi connectivity index (χ3v) is 3.03. The van der Waals surface area contributed by atoms with E-state index in [1.165, 1.54) is 25.9 Å². The minimum Gasteiger partial charge on any atom is -0.356 e. The van der Waals surface area contributed by atoms with Crippen molar-refractivity contribution >= 4 is 5.96 Å². The Hall–Kier alpha value is -1.03. The minimum atomic E-state index is 0.757. The summed E-state index contributed by atoms with van der Waals surface area (Å²) in [4.78, 5) is 6.55. The van der Waals surface area contributed by atoms with Gasteiger partial charge in [0.2, 0.25) is 0 Å². The molecule has 1 rings (SSSR count). The van der Waals surface area contributed by atoms with Crippen molar-refractivity contribution in [1.29, 1.82) is 0 Å². The molecule has 1 aliphatic heterocycles. The van der Waals surface area contributed by atoms with Crippen molar-refractivity contribution in [3.05, 3.63) is 12.7 Å². The lowest BCUT2D eigenvalue weighted by molar-refractivity contribution is 0.220. The minimum absolute atomic E-state index is 0.757. The van der Waals surface area contributed by atoms with E-state index in [0.29, 0.717) is 0 Å². The molecule has 1 saturated heterocycles. The Balaban J connectivity index is 2.19. The lowest BCUT2D eigenvalue weighted by Gasteiger charge is -2.29. The molecule has 4 heteroatoms. The number of nitrogens with zero attached hydrogens (tertiary/aromatic N) is 2. The first kappa shape index (κ1) is 13.0. The van der Waals surface area contributed by atoms with Gasteiger partial charge in [-0.2, -0.15) is 0 Å². The van der Waals surface area contributed by atoms with E-state index >= 15 is 0 Å². The van der Waals surface area contributed by atoms with Crippen molar-refractivity contribution in [3.8, 4) is 0 Å². The summed E-state index contributed by atoms with van der Waals surface area (Å²) in [7, 11) is 3.99. The molecule has 0 spiro atoms. The van der Waals surface area contributed by atoms with Gasteiger partial charge >= 0.3 is 0 Å². The number of rotatable bonds is 4. The van der Waals surface area contributed by atoms with Gasteiger partial charge in [-0.1, -0.05) is 6.08 Å². The molecule has 92 valence electrons. The fourth-order valence-corrected chi connectivity index (χ4v) is 1.90. The molecular formula is C12H24N4. The summed E-state index contributed by atoms with van der Waals surface area (Å²) in [5.41, 5.74) is 0. The van der Waals surface area contributed by atoms with Gasteiger partial charge in [0, 0.05) is 20.1 Å². The van der Waals surface area contributed by atoms with Crippen LogP contribution in [-0.2, 0) is 0 Å². The second-order valence-electron chi connectivity index (χ2n) is 4.37. The van der Waals surface area contributed by atoms with Crippen LogP contribution in [0.3, 0.4) is 0 Å². The maximum absolute atomic E-state index is 4.16. The van der Waals surface area contributed by atoms with Gasteiger partial charge in [-0.15, -0.1) is 6.58 Å². The van der Waals surface area contributed by atoms with Crippen molar-refractivity contribution in [2.75, 3.05) is 40.3 Å². The molecule has 0 aromatic rings. The predicted octanol–water partition coefficient (Wildman–Crippen LogP) is 0.679. The lowest BCUT2D eigenvalue weighted by Crippen LogP contribution is -2.42. The molecule has 0 bridgehead atoms. The summed E-state index contributed by atoms with van der Waals surface area (Å²) in [5, 5.41) is 6.54. The maximum Gasteiger partial charge on any atom is 0.191 e. The van der Waals surface area contributed by atoms with E-state index < -0.39 is 0 Å². The summed E-state index contributed by atoms with van der Waals surface area (Å²) in [6.07, 6.45) is 4.40. The molecule has 4 nitrogen and oxygen atoms in total. The van der Waals surface area contributed by atoms with Crippen LogP contribution in [0.1, 0.15) is 12.8 Å². The van der Waals surface area contributed by atoms with E-state index in [9.17, 15) is 0 Å². The second-order valence-corrected chi connectivity index (χ2v) is 4.37. The lowest BCUT2D eigenvalue weighted by atomic mass is 9.97.